The van der Waals surface area contributed by atoms with Gasteiger partial charge < -0.3 is 5.32 Å². The average Bonchev–Trinajstić information content (AvgIpc) is 2.79. The largest absolute Gasteiger partial charge is 0.310 e. The smallest absolute Gasteiger partial charge is 0.0474 e. The van der Waals surface area contributed by atoms with Crippen molar-refractivity contribution in [1.82, 2.24) is 5.32 Å². The first-order valence-corrected chi connectivity index (χ1v) is 6.29. The first kappa shape index (κ1) is 11.0. The zero-order chi connectivity index (χ0) is 10.5. The molecule has 0 unspecified atom stereocenters. The number of alkyl halides is 1. The fourth-order valence-corrected chi connectivity index (χ4v) is 2.38. The minimum absolute atomic E-state index is 0.608. The maximum atomic E-state index is 5.81. The number of hydrogen-bond acceptors (Lipinski definition) is 1. The van der Waals surface area contributed by atoms with Crippen LogP contribution in [0.3, 0.4) is 0 Å². The third kappa shape index (κ3) is 3.22. The number of hydrogen-bond donors (Lipinski definition) is 1. The average molecular weight is 224 g/mol. The van der Waals surface area contributed by atoms with Gasteiger partial charge in [-0.3, -0.25) is 0 Å². The van der Waals surface area contributed by atoms with Gasteiger partial charge in [0.25, 0.3) is 0 Å². The van der Waals surface area contributed by atoms with Crippen LogP contribution in [0.15, 0.2) is 24.3 Å². The van der Waals surface area contributed by atoms with E-state index in [1.54, 1.807) is 0 Å². The van der Waals surface area contributed by atoms with Crippen LogP contribution < -0.4 is 5.32 Å². The van der Waals surface area contributed by atoms with E-state index in [4.69, 9.17) is 11.6 Å². The van der Waals surface area contributed by atoms with E-state index in [0.717, 1.165) is 12.6 Å². The summed E-state index contributed by atoms with van der Waals surface area (Å²) in [5.41, 5.74) is 2.56. The lowest BCUT2D eigenvalue weighted by molar-refractivity contribution is 0.524. The lowest BCUT2D eigenvalue weighted by atomic mass is 10.1. The Labute approximate surface area is 96.8 Å². The van der Waals surface area contributed by atoms with Crippen molar-refractivity contribution in [3.8, 4) is 0 Å². The Kier molecular flexibility index (Phi) is 4.04. The van der Waals surface area contributed by atoms with Crippen molar-refractivity contribution in [2.45, 2.75) is 44.1 Å². The highest BCUT2D eigenvalue weighted by Crippen LogP contribution is 2.18. The molecule has 0 atom stereocenters. The molecule has 2 heteroatoms. The lowest BCUT2D eigenvalue weighted by Gasteiger charge is -2.12. The SMILES string of the molecule is ClCc1cccc(CNC2CCCC2)c1. The van der Waals surface area contributed by atoms with Crippen molar-refractivity contribution in [2.75, 3.05) is 0 Å². The number of benzene rings is 1. The fraction of sp³-hybridized carbons (Fsp3) is 0.538. The Morgan fingerprint density at radius 3 is 2.67 bits per heavy atom. The van der Waals surface area contributed by atoms with Crippen molar-refractivity contribution < 1.29 is 0 Å². The quantitative estimate of drug-likeness (QED) is 0.771. The van der Waals surface area contributed by atoms with Crippen LogP contribution in [0.4, 0.5) is 0 Å². The molecule has 1 fully saturated rings. The first-order valence-electron chi connectivity index (χ1n) is 5.75. The van der Waals surface area contributed by atoms with Crippen molar-refractivity contribution in [1.29, 1.82) is 0 Å². The van der Waals surface area contributed by atoms with Crippen LogP contribution in [0.5, 0.6) is 0 Å². The molecule has 1 aromatic rings. The van der Waals surface area contributed by atoms with Crippen LogP contribution in [-0.2, 0) is 12.4 Å². The fourth-order valence-electron chi connectivity index (χ4n) is 2.21. The zero-order valence-electron chi connectivity index (χ0n) is 9.01. The van der Waals surface area contributed by atoms with Crippen LogP contribution in [0.2, 0.25) is 0 Å². The molecule has 0 heterocycles. The van der Waals surface area contributed by atoms with E-state index in [1.807, 2.05) is 0 Å². The molecule has 2 rings (SSSR count). The molecule has 1 N–H and O–H groups in total. The van der Waals surface area contributed by atoms with Crippen molar-refractivity contribution in [3.63, 3.8) is 0 Å². The predicted octanol–water partition coefficient (Wildman–Crippen LogP) is 3.46. The molecular formula is C13H18ClN. The highest BCUT2D eigenvalue weighted by atomic mass is 35.5. The topological polar surface area (TPSA) is 12.0 Å². The molecule has 0 aliphatic heterocycles. The normalized spacial score (nSPS) is 17.1. The van der Waals surface area contributed by atoms with Crippen LogP contribution in [0.25, 0.3) is 0 Å². The summed E-state index contributed by atoms with van der Waals surface area (Å²) in [6.07, 6.45) is 5.46. The van der Waals surface area contributed by atoms with Crippen LogP contribution in [-0.4, -0.2) is 6.04 Å². The van der Waals surface area contributed by atoms with Gasteiger partial charge in [-0.15, -0.1) is 11.6 Å². The van der Waals surface area contributed by atoms with Crippen LogP contribution in [0, 0.1) is 0 Å². The Morgan fingerprint density at radius 1 is 1.20 bits per heavy atom. The van der Waals surface area contributed by atoms with Crippen LogP contribution >= 0.6 is 11.6 Å². The van der Waals surface area contributed by atoms with Gasteiger partial charge in [0.15, 0.2) is 0 Å². The minimum Gasteiger partial charge on any atom is -0.310 e. The second kappa shape index (κ2) is 5.53. The van der Waals surface area contributed by atoms with E-state index in [2.05, 4.69) is 29.6 Å². The van der Waals surface area contributed by atoms with Gasteiger partial charge in [-0.05, 0) is 24.0 Å². The summed E-state index contributed by atoms with van der Waals surface area (Å²) in [4.78, 5) is 0. The van der Waals surface area contributed by atoms with Gasteiger partial charge in [0, 0.05) is 18.5 Å². The summed E-state index contributed by atoms with van der Waals surface area (Å²) in [5, 5.41) is 3.61. The third-order valence-corrected chi connectivity index (χ3v) is 3.40. The summed E-state index contributed by atoms with van der Waals surface area (Å²) in [7, 11) is 0. The van der Waals surface area contributed by atoms with Gasteiger partial charge in [-0.25, -0.2) is 0 Å². The molecule has 1 aliphatic rings. The van der Waals surface area contributed by atoms with E-state index in [9.17, 15) is 0 Å². The number of rotatable bonds is 4. The molecule has 1 saturated carbocycles. The Bertz CT molecular complexity index is 305. The summed E-state index contributed by atoms with van der Waals surface area (Å²) in [5.74, 6) is 0.608. The van der Waals surface area contributed by atoms with E-state index in [1.165, 1.54) is 36.8 Å². The van der Waals surface area contributed by atoms with Crippen LogP contribution in [0.1, 0.15) is 36.8 Å². The number of nitrogens with one attached hydrogen (secondary N) is 1. The standard InChI is InChI=1S/C13H18ClN/c14-9-11-4-3-5-12(8-11)10-15-13-6-1-2-7-13/h3-5,8,13,15H,1-2,6-7,9-10H2. The van der Waals surface area contributed by atoms with Gasteiger partial charge in [-0.2, -0.15) is 0 Å². The molecule has 1 nitrogen and oxygen atoms in total. The maximum absolute atomic E-state index is 5.81. The summed E-state index contributed by atoms with van der Waals surface area (Å²) in [6.45, 7) is 0.982. The first-order chi connectivity index (χ1) is 7.38. The Morgan fingerprint density at radius 2 is 1.93 bits per heavy atom. The second-order valence-electron chi connectivity index (χ2n) is 4.32. The Hall–Kier alpha value is -0.530. The van der Waals surface area contributed by atoms with Gasteiger partial charge in [0.1, 0.15) is 0 Å². The molecule has 0 spiro atoms. The molecule has 0 aromatic heterocycles. The van der Waals surface area contributed by atoms with E-state index in [-0.39, 0.29) is 0 Å². The number of halogens is 1. The van der Waals surface area contributed by atoms with Crippen molar-refractivity contribution >= 4 is 11.6 Å². The molecule has 0 saturated heterocycles. The summed E-state index contributed by atoms with van der Waals surface area (Å²) in [6, 6.07) is 9.26. The molecular weight excluding hydrogens is 206 g/mol. The van der Waals surface area contributed by atoms with E-state index in [0.29, 0.717) is 5.88 Å². The third-order valence-electron chi connectivity index (χ3n) is 3.10. The van der Waals surface area contributed by atoms with E-state index >= 15 is 0 Å². The minimum atomic E-state index is 0.608. The lowest BCUT2D eigenvalue weighted by Crippen LogP contribution is -2.25. The Balaban J connectivity index is 1.86. The highest BCUT2D eigenvalue weighted by molar-refractivity contribution is 6.17. The molecule has 0 radical (unpaired) electrons. The van der Waals surface area contributed by atoms with Gasteiger partial charge in [0.2, 0.25) is 0 Å². The molecule has 15 heavy (non-hydrogen) atoms. The van der Waals surface area contributed by atoms with Gasteiger partial charge >= 0.3 is 0 Å². The molecule has 0 bridgehead atoms. The molecule has 1 aliphatic carbocycles. The monoisotopic (exact) mass is 223 g/mol. The predicted molar refractivity (Wildman–Crippen MR) is 65.1 cm³/mol. The molecule has 1 aromatic carbocycles. The molecule has 82 valence electrons. The second-order valence-corrected chi connectivity index (χ2v) is 4.58. The van der Waals surface area contributed by atoms with Gasteiger partial charge in [-0.1, -0.05) is 37.1 Å². The van der Waals surface area contributed by atoms with Gasteiger partial charge in [0.05, 0.1) is 0 Å². The molecule has 0 amide bonds. The van der Waals surface area contributed by atoms with E-state index < -0.39 is 0 Å². The summed E-state index contributed by atoms with van der Waals surface area (Å²) < 4.78 is 0. The highest BCUT2D eigenvalue weighted by Gasteiger charge is 2.13. The summed E-state index contributed by atoms with van der Waals surface area (Å²) >= 11 is 5.81. The van der Waals surface area contributed by atoms with Crippen molar-refractivity contribution in [3.05, 3.63) is 35.4 Å². The van der Waals surface area contributed by atoms with Crippen molar-refractivity contribution in [2.24, 2.45) is 0 Å². The maximum Gasteiger partial charge on any atom is 0.0474 e. The zero-order valence-corrected chi connectivity index (χ0v) is 9.76.